The van der Waals surface area contributed by atoms with Crippen molar-refractivity contribution in [2.45, 2.75) is 32.2 Å². The first kappa shape index (κ1) is 13.4. The van der Waals surface area contributed by atoms with Crippen molar-refractivity contribution in [3.63, 3.8) is 0 Å². The minimum absolute atomic E-state index is 0.360. The standard InChI is InChI=1S/C15H24N2O/c1-2-13-5-7-15(8-6-13)18-12-14(11-16)17-9-3-4-10-17/h5-8,14H,2-4,9-12,16H2,1H3. The second-order valence-corrected chi connectivity index (χ2v) is 4.94. The Morgan fingerprint density at radius 1 is 1.22 bits per heavy atom. The highest BCUT2D eigenvalue weighted by Gasteiger charge is 2.21. The van der Waals surface area contributed by atoms with Crippen LogP contribution in [0.1, 0.15) is 25.3 Å². The second kappa shape index (κ2) is 6.76. The molecule has 1 aliphatic rings. The minimum Gasteiger partial charge on any atom is -0.492 e. The van der Waals surface area contributed by atoms with Gasteiger partial charge in [-0.1, -0.05) is 19.1 Å². The van der Waals surface area contributed by atoms with E-state index in [0.717, 1.165) is 12.2 Å². The average molecular weight is 248 g/mol. The zero-order valence-corrected chi connectivity index (χ0v) is 11.3. The van der Waals surface area contributed by atoms with E-state index in [1.807, 2.05) is 0 Å². The maximum atomic E-state index is 5.85. The molecule has 0 saturated carbocycles. The largest absolute Gasteiger partial charge is 0.492 e. The first-order chi connectivity index (χ1) is 8.83. The van der Waals surface area contributed by atoms with Crippen LogP contribution < -0.4 is 10.5 Å². The fourth-order valence-electron chi connectivity index (χ4n) is 2.44. The molecule has 1 fully saturated rings. The first-order valence-electron chi connectivity index (χ1n) is 6.99. The molecule has 0 aromatic heterocycles. The summed E-state index contributed by atoms with van der Waals surface area (Å²) in [5, 5.41) is 0. The number of aryl methyl sites for hydroxylation is 1. The van der Waals surface area contributed by atoms with Gasteiger partial charge in [0, 0.05) is 6.54 Å². The number of nitrogens with zero attached hydrogens (tertiary/aromatic N) is 1. The average Bonchev–Trinajstić information content (AvgIpc) is 2.94. The Morgan fingerprint density at radius 3 is 2.44 bits per heavy atom. The summed E-state index contributed by atoms with van der Waals surface area (Å²) >= 11 is 0. The number of nitrogens with two attached hydrogens (primary N) is 1. The fourth-order valence-corrected chi connectivity index (χ4v) is 2.44. The summed E-state index contributed by atoms with van der Waals surface area (Å²) in [4.78, 5) is 2.44. The van der Waals surface area contributed by atoms with Gasteiger partial charge in [-0.2, -0.15) is 0 Å². The van der Waals surface area contributed by atoms with E-state index in [0.29, 0.717) is 19.2 Å². The lowest BCUT2D eigenvalue weighted by atomic mass is 10.2. The topological polar surface area (TPSA) is 38.5 Å². The Bertz CT molecular complexity index is 344. The molecule has 0 spiro atoms. The smallest absolute Gasteiger partial charge is 0.119 e. The second-order valence-electron chi connectivity index (χ2n) is 4.94. The Kier molecular flexibility index (Phi) is 5.02. The Morgan fingerprint density at radius 2 is 1.89 bits per heavy atom. The van der Waals surface area contributed by atoms with Gasteiger partial charge in [0.1, 0.15) is 12.4 Å². The number of ether oxygens (including phenoxy) is 1. The lowest BCUT2D eigenvalue weighted by molar-refractivity contribution is 0.165. The summed E-state index contributed by atoms with van der Waals surface area (Å²) in [6.07, 6.45) is 3.66. The van der Waals surface area contributed by atoms with Crippen LogP contribution in [0.5, 0.6) is 5.75 Å². The maximum absolute atomic E-state index is 5.85. The highest BCUT2D eigenvalue weighted by molar-refractivity contribution is 5.27. The number of likely N-dealkylation sites (tertiary alicyclic amines) is 1. The van der Waals surface area contributed by atoms with Gasteiger partial charge < -0.3 is 10.5 Å². The van der Waals surface area contributed by atoms with E-state index in [2.05, 4.69) is 36.1 Å². The van der Waals surface area contributed by atoms with Crippen molar-refractivity contribution in [2.75, 3.05) is 26.2 Å². The van der Waals surface area contributed by atoms with Crippen LogP contribution in [0.15, 0.2) is 24.3 Å². The van der Waals surface area contributed by atoms with E-state index < -0.39 is 0 Å². The van der Waals surface area contributed by atoms with Crippen LogP contribution in [-0.4, -0.2) is 37.2 Å². The molecule has 1 aliphatic heterocycles. The van der Waals surface area contributed by atoms with Crippen molar-refractivity contribution in [3.8, 4) is 5.75 Å². The molecular weight excluding hydrogens is 224 g/mol. The van der Waals surface area contributed by atoms with Crippen LogP contribution in [0.2, 0.25) is 0 Å². The molecule has 100 valence electrons. The molecule has 1 atom stereocenters. The van der Waals surface area contributed by atoms with Crippen LogP contribution in [0.25, 0.3) is 0 Å². The predicted octanol–water partition coefficient (Wildman–Crippen LogP) is 2.05. The molecule has 1 unspecified atom stereocenters. The maximum Gasteiger partial charge on any atom is 0.119 e. The van der Waals surface area contributed by atoms with Gasteiger partial charge in [0.05, 0.1) is 6.04 Å². The van der Waals surface area contributed by atoms with Crippen LogP contribution in [0.3, 0.4) is 0 Å². The monoisotopic (exact) mass is 248 g/mol. The molecule has 3 nitrogen and oxygen atoms in total. The number of rotatable bonds is 6. The van der Waals surface area contributed by atoms with E-state index in [1.54, 1.807) is 0 Å². The van der Waals surface area contributed by atoms with E-state index in [-0.39, 0.29) is 0 Å². The molecule has 0 bridgehead atoms. The molecule has 2 N–H and O–H groups in total. The minimum atomic E-state index is 0.360. The Labute approximate surface area is 110 Å². The third-order valence-corrected chi connectivity index (χ3v) is 3.70. The molecule has 3 heteroatoms. The lowest BCUT2D eigenvalue weighted by Crippen LogP contribution is -2.42. The Hall–Kier alpha value is -1.06. The van der Waals surface area contributed by atoms with Gasteiger partial charge in [0.25, 0.3) is 0 Å². The summed E-state index contributed by atoms with van der Waals surface area (Å²) in [6, 6.07) is 8.72. The lowest BCUT2D eigenvalue weighted by Gasteiger charge is -2.26. The van der Waals surface area contributed by atoms with Crippen molar-refractivity contribution >= 4 is 0 Å². The number of hydrogen-bond donors (Lipinski definition) is 1. The number of hydrogen-bond acceptors (Lipinski definition) is 3. The van der Waals surface area contributed by atoms with E-state index >= 15 is 0 Å². The summed E-state index contributed by atoms with van der Waals surface area (Å²) in [5.41, 5.74) is 7.19. The molecule has 1 heterocycles. The van der Waals surface area contributed by atoms with Crippen LogP contribution >= 0.6 is 0 Å². The van der Waals surface area contributed by atoms with Crippen molar-refractivity contribution < 1.29 is 4.74 Å². The van der Waals surface area contributed by atoms with Gasteiger partial charge in [-0.25, -0.2) is 0 Å². The van der Waals surface area contributed by atoms with Gasteiger partial charge in [0.15, 0.2) is 0 Å². The molecule has 2 rings (SSSR count). The summed E-state index contributed by atoms with van der Waals surface area (Å²) in [7, 11) is 0. The fraction of sp³-hybridized carbons (Fsp3) is 0.600. The van der Waals surface area contributed by atoms with Crippen molar-refractivity contribution in [1.29, 1.82) is 0 Å². The molecular formula is C15H24N2O. The zero-order valence-electron chi connectivity index (χ0n) is 11.3. The van der Waals surface area contributed by atoms with E-state index in [4.69, 9.17) is 10.5 Å². The van der Waals surface area contributed by atoms with Gasteiger partial charge >= 0.3 is 0 Å². The highest BCUT2D eigenvalue weighted by atomic mass is 16.5. The Balaban J connectivity index is 1.84. The van der Waals surface area contributed by atoms with Crippen LogP contribution in [0, 0.1) is 0 Å². The SMILES string of the molecule is CCc1ccc(OCC(CN)N2CCCC2)cc1. The third-order valence-electron chi connectivity index (χ3n) is 3.70. The normalized spacial score (nSPS) is 17.9. The van der Waals surface area contributed by atoms with Gasteiger partial charge in [0.2, 0.25) is 0 Å². The van der Waals surface area contributed by atoms with Gasteiger partial charge in [-0.15, -0.1) is 0 Å². The molecule has 1 saturated heterocycles. The number of benzene rings is 1. The summed E-state index contributed by atoms with van der Waals surface area (Å²) < 4.78 is 5.85. The first-order valence-corrected chi connectivity index (χ1v) is 6.99. The summed E-state index contributed by atoms with van der Waals surface area (Å²) in [6.45, 7) is 5.86. The molecule has 0 amide bonds. The molecule has 1 aromatic carbocycles. The third kappa shape index (κ3) is 3.47. The highest BCUT2D eigenvalue weighted by Crippen LogP contribution is 2.15. The zero-order chi connectivity index (χ0) is 12.8. The van der Waals surface area contributed by atoms with Crippen LogP contribution in [-0.2, 0) is 6.42 Å². The molecule has 1 aromatic rings. The predicted molar refractivity (Wildman–Crippen MR) is 75.0 cm³/mol. The van der Waals surface area contributed by atoms with E-state index in [9.17, 15) is 0 Å². The molecule has 18 heavy (non-hydrogen) atoms. The van der Waals surface area contributed by atoms with Gasteiger partial charge in [-0.3, -0.25) is 4.90 Å². The molecule has 0 aliphatic carbocycles. The van der Waals surface area contributed by atoms with Gasteiger partial charge in [-0.05, 0) is 50.0 Å². The van der Waals surface area contributed by atoms with E-state index in [1.165, 1.54) is 31.5 Å². The van der Waals surface area contributed by atoms with Crippen LogP contribution in [0.4, 0.5) is 0 Å². The van der Waals surface area contributed by atoms with Crippen molar-refractivity contribution in [1.82, 2.24) is 4.90 Å². The molecule has 0 radical (unpaired) electrons. The quantitative estimate of drug-likeness (QED) is 0.837. The van der Waals surface area contributed by atoms with Crippen molar-refractivity contribution in [2.24, 2.45) is 5.73 Å². The van der Waals surface area contributed by atoms with Crippen molar-refractivity contribution in [3.05, 3.63) is 29.8 Å². The summed E-state index contributed by atoms with van der Waals surface area (Å²) in [5.74, 6) is 0.949.